The molecule has 2 aliphatic rings. The second-order valence-corrected chi connectivity index (χ2v) is 7.23. The molecule has 2 atom stereocenters. The fourth-order valence-corrected chi connectivity index (χ4v) is 4.48. The van der Waals surface area contributed by atoms with Crippen LogP contribution in [0.5, 0.6) is 0 Å². The Morgan fingerprint density at radius 3 is 3.00 bits per heavy atom. The highest BCUT2D eigenvalue weighted by Gasteiger charge is 2.38. The van der Waals surface area contributed by atoms with Crippen molar-refractivity contribution < 1.29 is 9.36 Å². The highest BCUT2D eigenvalue weighted by molar-refractivity contribution is 7.64. The van der Waals surface area contributed by atoms with Crippen LogP contribution in [0.3, 0.4) is 0 Å². The van der Waals surface area contributed by atoms with E-state index < -0.39 is 7.14 Å². The summed E-state index contributed by atoms with van der Waals surface area (Å²) >= 11 is 0. The van der Waals surface area contributed by atoms with E-state index in [4.69, 9.17) is 0 Å². The third kappa shape index (κ3) is 1.19. The van der Waals surface area contributed by atoms with Gasteiger partial charge in [-0.3, -0.25) is 4.79 Å². The average Bonchev–Trinajstić information content (AvgIpc) is 2.28. The van der Waals surface area contributed by atoms with Gasteiger partial charge >= 0.3 is 0 Å². The van der Waals surface area contributed by atoms with Gasteiger partial charge in [-0.2, -0.15) is 0 Å². The summed E-state index contributed by atoms with van der Waals surface area (Å²) < 4.78 is 11.9. The molecule has 1 fully saturated rings. The number of allylic oxidation sites excluding steroid dienone is 2. The summed E-state index contributed by atoms with van der Waals surface area (Å²) in [4.78, 5) is 11.1. The minimum atomic E-state index is -2.03. The van der Waals surface area contributed by atoms with Crippen LogP contribution in [0.2, 0.25) is 0 Å². The van der Waals surface area contributed by atoms with Gasteiger partial charge in [-0.25, -0.2) is 0 Å². The minimum absolute atomic E-state index is 0.124. The lowest BCUT2D eigenvalue weighted by atomic mass is 9.93. The standard InChI is InChI=1S/C9H13O2P/c1-12(11)5-4-7-2-3-8(10)6-9(7)12/h4,9H,2-3,5-6H2,1H3/t9-,12+/m0/s1. The van der Waals surface area contributed by atoms with Gasteiger partial charge in [0, 0.05) is 24.7 Å². The zero-order valence-corrected chi connectivity index (χ0v) is 8.14. The SMILES string of the molecule is C[P@@]1(=O)CC=C2CCC(=O)C[C@@H]21. The number of hydrogen-bond donors (Lipinski definition) is 0. The molecule has 0 spiro atoms. The van der Waals surface area contributed by atoms with Crippen LogP contribution >= 0.6 is 7.14 Å². The molecular formula is C9H13O2P. The van der Waals surface area contributed by atoms with E-state index in [-0.39, 0.29) is 5.66 Å². The van der Waals surface area contributed by atoms with Crippen molar-refractivity contribution in [2.75, 3.05) is 12.8 Å². The summed E-state index contributed by atoms with van der Waals surface area (Å²) in [5.41, 5.74) is 1.42. The van der Waals surface area contributed by atoms with E-state index in [2.05, 4.69) is 6.08 Å². The average molecular weight is 184 g/mol. The van der Waals surface area contributed by atoms with Crippen LogP contribution < -0.4 is 0 Å². The molecule has 1 saturated carbocycles. The molecule has 2 rings (SSSR count). The number of ketones is 1. The molecule has 12 heavy (non-hydrogen) atoms. The summed E-state index contributed by atoms with van der Waals surface area (Å²) in [7, 11) is -2.03. The molecule has 0 aromatic rings. The number of Topliss-reactive ketones (excluding diaryl/α,β-unsaturated/α-hetero) is 1. The first-order valence-electron chi connectivity index (χ1n) is 4.36. The Hall–Kier alpha value is -0.360. The normalized spacial score (nSPS) is 40.9. The molecule has 0 aromatic carbocycles. The van der Waals surface area contributed by atoms with Gasteiger partial charge in [0.25, 0.3) is 0 Å². The molecule has 0 unspecified atom stereocenters. The summed E-state index contributed by atoms with van der Waals surface area (Å²) in [6.07, 6.45) is 4.89. The van der Waals surface area contributed by atoms with Crippen LogP contribution in [0.4, 0.5) is 0 Å². The largest absolute Gasteiger partial charge is 0.323 e. The number of hydrogen-bond acceptors (Lipinski definition) is 2. The van der Waals surface area contributed by atoms with E-state index in [0.29, 0.717) is 18.6 Å². The molecule has 66 valence electrons. The lowest BCUT2D eigenvalue weighted by Crippen LogP contribution is -2.19. The van der Waals surface area contributed by atoms with Crippen LogP contribution in [0.25, 0.3) is 0 Å². The fraction of sp³-hybridized carbons (Fsp3) is 0.667. The van der Waals surface area contributed by atoms with Gasteiger partial charge in [0.05, 0.1) is 7.14 Å². The smallest absolute Gasteiger partial charge is 0.134 e. The summed E-state index contributed by atoms with van der Waals surface area (Å²) in [6.45, 7) is 1.83. The highest BCUT2D eigenvalue weighted by Crippen LogP contribution is 2.57. The number of rotatable bonds is 0. The fourth-order valence-electron chi connectivity index (χ4n) is 2.11. The van der Waals surface area contributed by atoms with Crippen molar-refractivity contribution in [1.82, 2.24) is 0 Å². The van der Waals surface area contributed by atoms with E-state index in [1.165, 1.54) is 5.57 Å². The second kappa shape index (κ2) is 2.56. The van der Waals surface area contributed by atoms with E-state index >= 15 is 0 Å². The summed E-state index contributed by atoms with van der Waals surface area (Å²) in [6, 6.07) is 0. The minimum Gasteiger partial charge on any atom is -0.323 e. The van der Waals surface area contributed by atoms with Crippen LogP contribution in [0.15, 0.2) is 11.6 Å². The Morgan fingerprint density at radius 1 is 1.50 bits per heavy atom. The number of carbonyl (C=O) groups excluding carboxylic acids is 1. The molecule has 0 bridgehead atoms. The maximum absolute atomic E-state index is 11.9. The predicted octanol–water partition coefficient (Wildman–Crippen LogP) is 2.04. The molecule has 0 N–H and O–H groups in total. The van der Waals surface area contributed by atoms with Crippen molar-refractivity contribution in [2.45, 2.75) is 24.9 Å². The molecule has 0 saturated heterocycles. The van der Waals surface area contributed by atoms with Gasteiger partial charge in [-0.05, 0) is 13.1 Å². The molecule has 1 aliphatic carbocycles. The van der Waals surface area contributed by atoms with Crippen molar-refractivity contribution >= 4 is 12.9 Å². The number of fused-ring (bicyclic) bond motifs is 1. The molecular weight excluding hydrogens is 171 g/mol. The molecule has 2 nitrogen and oxygen atoms in total. The zero-order chi connectivity index (χ0) is 8.77. The van der Waals surface area contributed by atoms with Gasteiger partial charge in [0.1, 0.15) is 5.78 Å². The molecule has 0 amide bonds. The molecule has 3 heteroatoms. The van der Waals surface area contributed by atoms with Crippen molar-refractivity contribution in [3.05, 3.63) is 11.6 Å². The Balaban J connectivity index is 2.28. The topological polar surface area (TPSA) is 34.1 Å². The highest BCUT2D eigenvalue weighted by atomic mass is 31.2. The van der Waals surface area contributed by atoms with E-state index in [1.54, 1.807) is 0 Å². The molecule has 0 radical (unpaired) electrons. The Kier molecular flexibility index (Phi) is 1.76. The third-order valence-corrected chi connectivity index (χ3v) is 5.66. The van der Waals surface area contributed by atoms with Crippen molar-refractivity contribution in [3.8, 4) is 0 Å². The maximum Gasteiger partial charge on any atom is 0.134 e. The van der Waals surface area contributed by atoms with E-state index in [0.717, 1.165) is 12.6 Å². The third-order valence-electron chi connectivity index (χ3n) is 2.92. The van der Waals surface area contributed by atoms with E-state index in [1.807, 2.05) is 6.66 Å². The van der Waals surface area contributed by atoms with Crippen molar-refractivity contribution in [2.24, 2.45) is 0 Å². The lowest BCUT2D eigenvalue weighted by Gasteiger charge is -2.23. The number of carbonyl (C=O) groups is 1. The maximum atomic E-state index is 11.9. The van der Waals surface area contributed by atoms with Gasteiger partial charge in [-0.15, -0.1) is 0 Å². The van der Waals surface area contributed by atoms with Gasteiger partial charge in [-0.1, -0.05) is 11.6 Å². The van der Waals surface area contributed by atoms with Crippen molar-refractivity contribution in [1.29, 1.82) is 0 Å². The van der Waals surface area contributed by atoms with Crippen LogP contribution in [0.1, 0.15) is 19.3 Å². The molecule has 1 aliphatic heterocycles. The van der Waals surface area contributed by atoms with Crippen LogP contribution in [-0.4, -0.2) is 24.3 Å². The Bertz CT molecular complexity index is 304. The monoisotopic (exact) mass is 184 g/mol. The molecule has 1 heterocycles. The Labute approximate surface area is 72.4 Å². The zero-order valence-electron chi connectivity index (χ0n) is 7.25. The summed E-state index contributed by atoms with van der Waals surface area (Å²) in [5.74, 6) is 0.293. The van der Waals surface area contributed by atoms with Gasteiger partial charge < -0.3 is 4.57 Å². The van der Waals surface area contributed by atoms with E-state index in [9.17, 15) is 9.36 Å². The van der Waals surface area contributed by atoms with Gasteiger partial charge in [0.15, 0.2) is 0 Å². The molecule has 0 aromatic heterocycles. The second-order valence-electron chi connectivity index (χ2n) is 3.89. The van der Waals surface area contributed by atoms with Gasteiger partial charge in [0.2, 0.25) is 0 Å². The Morgan fingerprint density at radius 2 is 2.25 bits per heavy atom. The lowest BCUT2D eigenvalue weighted by molar-refractivity contribution is -0.119. The summed E-state index contributed by atoms with van der Waals surface area (Å²) in [5, 5.41) is 0. The first kappa shape index (κ1) is 8.25. The first-order chi connectivity index (χ1) is 5.59. The van der Waals surface area contributed by atoms with Crippen LogP contribution in [-0.2, 0) is 9.36 Å². The predicted molar refractivity (Wildman–Crippen MR) is 49.1 cm³/mol. The van der Waals surface area contributed by atoms with Crippen molar-refractivity contribution in [3.63, 3.8) is 0 Å². The van der Waals surface area contributed by atoms with Crippen LogP contribution in [0, 0.1) is 0 Å². The quantitative estimate of drug-likeness (QED) is 0.426. The first-order valence-corrected chi connectivity index (χ1v) is 6.77.